The fraction of sp³-hybridized carbons (Fsp3) is 0.647. The summed E-state index contributed by atoms with van der Waals surface area (Å²) in [6, 6.07) is 9.42. The maximum atomic E-state index is 3.55. The molecule has 2 heteroatoms. The average molecular weight is 260 g/mol. The molecular formula is C17H28N2. The van der Waals surface area contributed by atoms with Gasteiger partial charge in [-0.15, -0.1) is 0 Å². The number of likely N-dealkylation sites (N-methyl/N-ethyl adjacent to an activating group) is 1. The molecule has 0 amide bonds. The van der Waals surface area contributed by atoms with E-state index in [4.69, 9.17) is 0 Å². The maximum absolute atomic E-state index is 3.55. The quantitative estimate of drug-likeness (QED) is 0.873. The average Bonchev–Trinajstić information content (AvgIpc) is 2.94. The molecule has 0 aliphatic carbocycles. The van der Waals surface area contributed by atoms with Gasteiger partial charge in [-0.25, -0.2) is 0 Å². The van der Waals surface area contributed by atoms with E-state index in [0.717, 1.165) is 6.42 Å². The molecular weight excluding hydrogens is 232 g/mol. The van der Waals surface area contributed by atoms with E-state index in [1.807, 2.05) is 0 Å². The van der Waals surface area contributed by atoms with Crippen molar-refractivity contribution in [3.8, 4) is 0 Å². The van der Waals surface area contributed by atoms with Crippen molar-refractivity contribution in [2.24, 2.45) is 0 Å². The predicted octanol–water partition coefficient (Wildman–Crippen LogP) is 3.38. The van der Waals surface area contributed by atoms with Gasteiger partial charge in [-0.2, -0.15) is 0 Å². The topological polar surface area (TPSA) is 15.3 Å². The first-order chi connectivity index (χ1) is 9.09. The number of nitrogens with zero attached hydrogens (tertiary/aromatic N) is 1. The Kier molecular flexibility index (Phi) is 4.64. The van der Waals surface area contributed by atoms with Gasteiger partial charge in [-0.05, 0) is 64.4 Å². The molecule has 0 bridgehead atoms. The van der Waals surface area contributed by atoms with Crippen molar-refractivity contribution >= 4 is 0 Å². The summed E-state index contributed by atoms with van der Waals surface area (Å²) in [5.74, 6) is 0. The van der Waals surface area contributed by atoms with E-state index >= 15 is 0 Å². The second kappa shape index (κ2) is 6.06. The zero-order chi connectivity index (χ0) is 13.9. The Morgan fingerprint density at radius 2 is 1.95 bits per heavy atom. The normalized spacial score (nSPS) is 18.7. The van der Waals surface area contributed by atoms with Gasteiger partial charge in [0.2, 0.25) is 0 Å². The number of likely N-dealkylation sites (tertiary alicyclic amines) is 1. The number of aryl methyl sites for hydroxylation is 1. The van der Waals surface area contributed by atoms with Crippen LogP contribution < -0.4 is 5.32 Å². The van der Waals surface area contributed by atoms with Crippen LogP contribution in [-0.2, 0) is 6.42 Å². The van der Waals surface area contributed by atoms with Crippen LogP contribution in [0.5, 0.6) is 0 Å². The highest BCUT2D eigenvalue weighted by Gasteiger charge is 2.36. The Morgan fingerprint density at radius 3 is 2.53 bits per heavy atom. The molecule has 0 aromatic heterocycles. The fourth-order valence-corrected chi connectivity index (χ4v) is 3.40. The van der Waals surface area contributed by atoms with Crippen LogP contribution in [0.3, 0.4) is 0 Å². The van der Waals surface area contributed by atoms with E-state index in [2.05, 4.69) is 62.3 Å². The van der Waals surface area contributed by atoms with Gasteiger partial charge in [-0.3, -0.25) is 4.90 Å². The van der Waals surface area contributed by atoms with E-state index in [9.17, 15) is 0 Å². The minimum atomic E-state index is 0.164. The lowest BCUT2D eigenvalue weighted by atomic mass is 9.86. The van der Waals surface area contributed by atoms with Gasteiger partial charge in [0.1, 0.15) is 0 Å². The molecule has 1 fully saturated rings. The van der Waals surface area contributed by atoms with E-state index < -0.39 is 0 Å². The van der Waals surface area contributed by atoms with Crippen LogP contribution in [0.1, 0.15) is 50.8 Å². The van der Waals surface area contributed by atoms with Crippen LogP contribution in [0.15, 0.2) is 24.3 Å². The van der Waals surface area contributed by atoms with E-state index in [-0.39, 0.29) is 5.54 Å². The van der Waals surface area contributed by atoms with Crippen molar-refractivity contribution < 1.29 is 0 Å². The number of hydrogen-bond acceptors (Lipinski definition) is 2. The summed E-state index contributed by atoms with van der Waals surface area (Å²) in [6.07, 6.45) is 3.79. The predicted molar refractivity (Wildman–Crippen MR) is 82.5 cm³/mol. The molecule has 1 saturated heterocycles. The summed E-state index contributed by atoms with van der Waals surface area (Å²) in [4.78, 5) is 2.63. The Bertz CT molecular complexity index is 405. The Morgan fingerprint density at radius 1 is 1.26 bits per heavy atom. The zero-order valence-corrected chi connectivity index (χ0v) is 12.9. The highest BCUT2D eigenvalue weighted by molar-refractivity contribution is 5.28. The van der Waals surface area contributed by atoms with Crippen molar-refractivity contribution in [2.45, 2.75) is 51.6 Å². The molecule has 0 spiro atoms. The largest absolute Gasteiger partial charge is 0.311 e. The molecule has 1 N–H and O–H groups in total. The van der Waals surface area contributed by atoms with Gasteiger partial charge in [0.15, 0.2) is 0 Å². The number of nitrogens with one attached hydrogen (secondary N) is 1. The Labute approximate surface area is 118 Å². The molecule has 1 aliphatic heterocycles. The molecule has 1 unspecified atom stereocenters. The van der Waals surface area contributed by atoms with Crippen LogP contribution in [0.25, 0.3) is 0 Å². The highest BCUT2D eigenvalue weighted by Crippen LogP contribution is 2.33. The molecule has 0 radical (unpaired) electrons. The SMILES string of the molecule is CCc1cccc(C(NC)C(C)(C)N2CCCC2)c1. The van der Waals surface area contributed by atoms with Gasteiger partial charge in [0, 0.05) is 11.6 Å². The van der Waals surface area contributed by atoms with Gasteiger partial charge < -0.3 is 5.32 Å². The summed E-state index contributed by atoms with van der Waals surface area (Å²) < 4.78 is 0. The minimum Gasteiger partial charge on any atom is -0.311 e. The lowest BCUT2D eigenvalue weighted by Crippen LogP contribution is -2.50. The number of hydrogen-bond donors (Lipinski definition) is 1. The Balaban J connectivity index is 2.26. The van der Waals surface area contributed by atoms with Crippen molar-refractivity contribution in [1.82, 2.24) is 10.2 Å². The second-order valence-corrected chi connectivity index (χ2v) is 6.17. The highest BCUT2D eigenvalue weighted by atomic mass is 15.2. The van der Waals surface area contributed by atoms with Crippen LogP contribution >= 0.6 is 0 Å². The molecule has 1 aromatic carbocycles. The summed E-state index contributed by atoms with van der Waals surface area (Å²) >= 11 is 0. The fourth-order valence-electron chi connectivity index (χ4n) is 3.40. The molecule has 19 heavy (non-hydrogen) atoms. The summed E-state index contributed by atoms with van der Waals surface area (Å²) in [6.45, 7) is 9.44. The molecule has 2 rings (SSSR count). The third-order valence-electron chi connectivity index (χ3n) is 4.61. The van der Waals surface area contributed by atoms with E-state index in [1.54, 1.807) is 0 Å². The first-order valence-corrected chi connectivity index (χ1v) is 7.60. The second-order valence-electron chi connectivity index (χ2n) is 6.17. The summed E-state index contributed by atoms with van der Waals surface area (Å²) in [7, 11) is 2.08. The van der Waals surface area contributed by atoms with Crippen molar-refractivity contribution in [1.29, 1.82) is 0 Å². The molecule has 0 saturated carbocycles. The van der Waals surface area contributed by atoms with Crippen molar-refractivity contribution in [3.63, 3.8) is 0 Å². The molecule has 2 nitrogen and oxygen atoms in total. The maximum Gasteiger partial charge on any atom is 0.0499 e. The van der Waals surface area contributed by atoms with Crippen molar-refractivity contribution in [3.05, 3.63) is 35.4 Å². The van der Waals surface area contributed by atoms with E-state index in [1.165, 1.54) is 37.1 Å². The monoisotopic (exact) mass is 260 g/mol. The number of rotatable bonds is 5. The van der Waals surface area contributed by atoms with Crippen LogP contribution in [0.4, 0.5) is 0 Å². The zero-order valence-electron chi connectivity index (χ0n) is 12.9. The summed E-state index contributed by atoms with van der Waals surface area (Å²) in [5.41, 5.74) is 3.01. The minimum absolute atomic E-state index is 0.164. The Hall–Kier alpha value is -0.860. The van der Waals surface area contributed by atoms with E-state index in [0.29, 0.717) is 6.04 Å². The van der Waals surface area contributed by atoms with Gasteiger partial charge in [0.25, 0.3) is 0 Å². The first kappa shape index (κ1) is 14.5. The molecule has 1 aromatic rings. The molecule has 1 atom stereocenters. The van der Waals surface area contributed by atoms with Crippen LogP contribution in [0, 0.1) is 0 Å². The lowest BCUT2D eigenvalue weighted by molar-refractivity contribution is 0.110. The van der Waals surface area contributed by atoms with Gasteiger partial charge in [0.05, 0.1) is 0 Å². The standard InChI is InChI=1S/C17H28N2/c1-5-14-9-8-10-15(13-14)16(18-4)17(2,3)19-11-6-7-12-19/h8-10,13,16,18H,5-7,11-12H2,1-4H3. The third kappa shape index (κ3) is 3.01. The molecule has 1 heterocycles. The molecule has 106 valence electrons. The lowest BCUT2D eigenvalue weighted by Gasteiger charge is -2.42. The summed E-state index contributed by atoms with van der Waals surface area (Å²) in [5, 5.41) is 3.55. The van der Waals surface area contributed by atoms with Gasteiger partial charge >= 0.3 is 0 Å². The van der Waals surface area contributed by atoms with Crippen molar-refractivity contribution in [2.75, 3.05) is 20.1 Å². The first-order valence-electron chi connectivity index (χ1n) is 7.60. The van der Waals surface area contributed by atoms with Crippen LogP contribution in [0.2, 0.25) is 0 Å². The van der Waals surface area contributed by atoms with Crippen LogP contribution in [-0.4, -0.2) is 30.6 Å². The molecule has 1 aliphatic rings. The number of benzene rings is 1. The van der Waals surface area contributed by atoms with Gasteiger partial charge in [-0.1, -0.05) is 31.2 Å². The smallest absolute Gasteiger partial charge is 0.0499 e. The third-order valence-corrected chi connectivity index (χ3v) is 4.61.